The minimum absolute atomic E-state index is 0.0991. The molecule has 1 fully saturated rings. The number of rotatable bonds is 10. The van der Waals surface area contributed by atoms with Crippen molar-refractivity contribution in [3.63, 3.8) is 0 Å². The normalized spacial score (nSPS) is 17.2. The summed E-state index contributed by atoms with van der Waals surface area (Å²) in [6.45, 7) is 2.47. The molecule has 1 aliphatic heterocycles. The Hall–Kier alpha value is -3.39. The van der Waals surface area contributed by atoms with Crippen LogP contribution in [0.3, 0.4) is 0 Å². The maximum atomic E-state index is 13.7. The van der Waals surface area contributed by atoms with Crippen molar-refractivity contribution in [2.75, 3.05) is 10.8 Å². The summed E-state index contributed by atoms with van der Waals surface area (Å²) in [5.41, 5.74) is 1.62. The quantitative estimate of drug-likeness (QED) is 0.369. The monoisotopic (exact) mass is 547 g/mol. The zero-order chi connectivity index (χ0) is 27.4. The molecule has 0 radical (unpaired) electrons. The molecule has 0 bridgehead atoms. The molecule has 39 heavy (non-hydrogen) atoms. The van der Waals surface area contributed by atoms with Crippen LogP contribution in [0.1, 0.15) is 63.9 Å². The molecular formula is C31H37N3O4S. The average molecular weight is 548 g/mol. The summed E-state index contributed by atoms with van der Waals surface area (Å²) >= 11 is 0. The van der Waals surface area contributed by atoms with Gasteiger partial charge in [-0.15, -0.1) is 0 Å². The van der Waals surface area contributed by atoms with Gasteiger partial charge in [-0.05, 0) is 48.8 Å². The highest BCUT2D eigenvalue weighted by Crippen LogP contribution is 2.42. The molecule has 0 spiro atoms. The molecule has 3 aromatic rings. The standard InChI is InChI=1S/C31H37N3O4S/c1-2-26(31(36)32-25-16-7-4-8-17-25)33(22-23-12-5-3-6-13-23)29(35)20-11-21-34-27-18-9-14-24-15-10-19-28(30(24)27)39(34,37)38/h3,5-6,9-10,12-15,18-19,25-26H,2,4,7-8,11,16-17,20-22H2,1H3,(H,32,36). The van der Waals surface area contributed by atoms with Crippen LogP contribution in [0.15, 0.2) is 71.6 Å². The van der Waals surface area contributed by atoms with Gasteiger partial charge in [0.1, 0.15) is 6.04 Å². The van der Waals surface area contributed by atoms with E-state index < -0.39 is 16.1 Å². The van der Waals surface area contributed by atoms with Crippen LogP contribution >= 0.6 is 0 Å². The molecule has 206 valence electrons. The van der Waals surface area contributed by atoms with Crippen molar-refractivity contribution in [1.29, 1.82) is 0 Å². The van der Waals surface area contributed by atoms with Crippen LogP contribution in [0.25, 0.3) is 10.8 Å². The molecule has 2 aliphatic rings. The fraction of sp³-hybridized carbons (Fsp3) is 0.419. The number of benzene rings is 3. The smallest absolute Gasteiger partial charge is 0.265 e. The first-order valence-corrected chi connectivity index (χ1v) is 15.5. The third-order valence-electron chi connectivity index (χ3n) is 7.97. The van der Waals surface area contributed by atoms with E-state index in [4.69, 9.17) is 0 Å². The summed E-state index contributed by atoms with van der Waals surface area (Å²) in [6.07, 6.45) is 6.41. The van der Waals surface area contributed by atoms with E-state index in [1.165, 1.54) is 10.7 Å². The first-order chi connectivity index (χ1) is 18.9. The zero-order valence-electron chi connectivity index (χ0n) is 22.5. The fourth-order valence-electron chi connectivity index (χ4n) is 5.96. The van der Waals surface area contributed by atoms with E-state index in [2.05, 4.69) is 5.32 Å². The van der Waals surface area contributed by atoms with E-state index in [1.807, 2.05) is 61.5 Å². The lowest BCUT2D eigenvalue weighted by Crippen LogP contribution is -2.51. The molecule has 1 atom stereocenters. The predicted octanol–water partition coefficient (Wildman–Crippen LogP) is 5.39. The number of sulfonamides is 1. The Morgan fingerprint density at radius 2 is 1.69 bits per heavy atom. The van der Waals surface area contributed by atoms with Crippen molar-refractivity contribution < 1.29 is 18.0 Å². The van der Waals surface area contributed by atoms with Gasteiger partial charge in [0, 0.05) is 30.9 Å². The van der Waals surface area contributed by atoms with Gasteiger partial charge < -0.3 is 10.2 Å². The number of nitrogens with one attached hydrogen (secondary N) is 1. The number of hydrogen-bond acceptors (Lipinski definition) is 4. The Bertz CT molecular complexity index is 1430. The van der Waals surface area contributed by atoms with Crippen molar-refractivity contribution >= 4 is 38.3 Å². The van der Waals surface area contributed by atoms with Crippen LogP contribution in [0, 0.1) is 0 Å². The number of anilines is 1. The third kappa shape index (κ3) is 5.66. The van der Waals surface area contributed by atoms with Gasteiger partial charge >= 0.3 is 0 Å². The van der Waals surface area contributed by atoms with E-state index in [1.54, 1.807) is 17.0 Å². The molecule has 1 aliphatic carbocycles. The Morgan fingerprint density at radius 1 is 0.974 bits per heavy atom. The Morgan fingerprint density at radius 3 is 2.41 bits per heavy atom. The minimum Gasteiger partial charge on any atom is -0.352 e. The first-order valence-electron chi connectivity index (χ1n) is 14.1. The minimum atomic E-state index is -3.67. The van der Waals surface area contributed by atoms with Crippen molar-refractivity contribution in [3.05, 3.63) is 72.3 Å². The zero-order valence-corrected chi connectivity index (χ0v) is 23.3. The highest BCUT2D eigenvalue weighted by molar-refractivity contribution is 7.93. The van der Waals surface area contributed by atoms with E-state index in [0.29, 0.717) is 30.0 Å². The molecule has 1 N–H and O–H groups in total. The summed E-state index contributed by atoms with van der Waals surface area (Å²) in [4.78, 5) is 29.1. The van der Waals surface area contributed by atoms with Gasteiger partial charge in [0.2, 0.25) is 11.8 Å². The average Bonchev–Trinajstić information content (AvgIpc) is 3.17. The van der Waals surface area contributed by atoms with Gasteiger partial charge in [-0.25, -0.2) is 8.42 Å². The summed E-state index contributed by atoms with van der Waals surface area (Å²) in [5.74, 6) is -0.241. The maximum absolute atomic E-state index is 13.7. The lowest BCUT2D eigenvalue weighted by atomic mass is 9.95. The third-order valence-corrected chi connectivity index (χ3v) is 9.82. The van der Waals surface area contributed by atoms with E-state index in [-0.39, 0.29) is 30.8 Å². The van der Waals surface area contributed by atoms with Gasteiger partial charge in [-0.2, -0.15) is 0 Å². The molecule has 2 amide bonds. The summed E-state index contributed by atoms with van der Waals surface area (Å²) in [5, 5.41) is 4.83. The van der Waals surface area contributed by atoms with Crippen molar-refractivity contribution in [1.82, 2.24) is 10.2 Å². The summed E-state index contributed by atoms with van der Waals surface area (Å²) in [6, 6.07) is 20.2. The van der Waals surface area contributed by atoms with Gasteiger partial charge in [-0.1, -0.05) is 80.8 Å². The molecule has 3 aromatic carbocycles. The lowest BCUT2D eigenvalue weighted by Gasteiger charge is -2.33. The number of carbonyl (C=O) groups is 2. The molecule has 0 saturated heterocycles. The molecular weight excluding hydrogens is 510 g/mol. The molecule has 1 heterocycles. The van der Waals surface area contributed by atoms with Crippen molar-refractivity contribution in [2.24, 2.45) is 0 Å². The second-order valence-corrected chi connectivity index (χ2v) is 12.4. The molecule has 8 heteroatoms. The van der Waals surface area contributed by atoms with Gasteiger partial charge in [-0.3, -0.25) is 13.9 Å². The van der Waals surface area contributed by atoms with Crippen molar-refractivity contribution in [3.8, 4) is 0 Å². The van der Waals surface area contributed by atoms with E-state index in [0.717, 1.165) is 42.0 Å². The Balaban J connectivity index is 1.30. The second-order valence-electron chi connectivity index (χ2n) is 10.6. The van der Waals surface area contributed by atoms with Crippen LogP contribution < -0.4 is 9.62 Å². The van der Waals surface area contributed by atoms with Crippen LogP contribution in [0.2, 0.25) is 0 Å². The van der Waals surface area contributed by atoms with Gasteiger partial charge in [0.05, 0.1) is 10.6 Å². The number of amides is 2. The van der Waals surface area contributed by atoms with Crippen LogP contribution in [-0.2, 0) is 26.2 Å². The van der Waals surface area contributed by atoms with Crippen LogP contribution in [0.5, 0.6) is 0 Å². The topological polar surface area (TPSA) is 86.8 Å². The van der Waals surface area contributed by atoms with Crippen molar-refractivity contribution in [2.45, 2.75) is 81.8 Å². The molecule has 7 nitrogen and oxygen atoms in total. The SMILES string of the molecule is CCC(C(=O)NC1CCCCC1)N(Cc1ccccc1)C(=O)CCCN1c2cccc3cccc(c23)S1(=O)=O. The van der Waals surface area contributed by atoms with Gasteiger partial charge in [0.25, 0.3) is 10.0 Å². The first kappa shape index (κ1) is 27.2. The fourth-order valence-corrected chi connectivity index (χ4v) is 7.71. The van der Waals surface area contributed by atoms with Crippen LogP contribution in [0.4, 0.5) is 5.69 Å². The molecule has 0 aromatic heterocycles. The van der Waals surface area contributed by atoms with E-state index >= 15 is 0 Å². The Labute approximate surface area is 231 Å². The highest BCUT2D eigenvalue weighted by atomic mass is 32.2. The molecule has 5 rings (SSSR count). The Kier molecular flexibility index (Phi) is 8.21. The number of carbonyl (C=O) groups excluding carboxylic acids is 2. The highest BCUT2D eigenvalue weighted by Gasteiger charge is 2.36. The van der Waals surface area contributed by atoms with Crippen LogP contribution in [-0.4, -0.2) is 43.8 Å². The number of hydrogen-bond donors (Lipinski definition) is 1. The largest absolute Gasteiger partial charge is 0.352 e. The molecule has 1 saturated carbocycles. The maximum Gasteiger partial charge on any atom is 0.265 e. The predicted molar refractivity (Wildman–Crippen MR) is 154 cm³/mol. The molecule has 1 unspecified atom stereocenters. The summed E-state index contributed by atoms with van der Waals surface area (Å²) in [7, 11) is -3.67. The van der Waals surface area contributed by atoms with E-state index in [9.17, 15) is 18.0 Å². The lowest BCUT2D eigenvalue weighted by molar-refractivity contribution is -0.141. The van der Waals surface area contributed by atoms with Gasteiger partial charge in [0.15, 0.2) is 0 Å². The number of nitrogens with zero attached hydrogens (tertiary/aromatic N) is 2. The summed E-state index contributed by atoms with van der Waals surface area (Å²) < 4.78 is 28.1. The second kappa shape index (κ2) is 11.8.